The van der Waals surface area contributed by atoms with Crippen LogP contribution in [0.4, 0.5) is 0 Å². The first-order chi connectivity index (χ1) is 3.85. The van der Waals surface area contributed by atoms with Crippen LogP contribution in [-0.4, -0.2) is 15.3 Å². The first-order valence-electron chi connectivity index (χ1n) is 2.84. The minimum atomic E-state index is -0.570. The summed E-state index contributed by atoms with van der Waals surface area (Å²) >= 11 is 6.70. The van der Waals surface area contributed by atoms with Crippen molar-refractivity contribution in [1.29, 1.82) is 0 Å². The van der Waals surface area contributed by atoms with E-state index in [1.807, 2.05) is 13.8 Å². The summed E-state index contributed by atoms with van der Waals surface area (Å²) in [5, 5.41) is 10.8. The Morgan fingerprint density at radius 3 is 1.78 bits per heavy atom. The summed E-state index contributed by atoms with van der Waals surface area (Å²) in [6.07, 6.45) is -0.570. The number of hydrogen-bond donors (Lipinski definition) is 0. The Balaban J connectivity index is 3.88. The molecule has 1 nitrogen and oxygen atoms in total. The lowest BCUT2D eigenvalue weighted by molar-refractivity contribution is 0.0987. The van der Waals surface area contributed by atoms with E-state index in [0.29, 0.717) is 0 Å². The molecule has 0 saturated heterocycles. The largest absolute Gasteiger partial charge is 0.232 e. The fourth-order valence-corrected chi connectivity index (χ4v) is 0.930. The number of alkyl halides is 2. The predicted molar refractivity (Wildman–Crippen MR) is 45.9 cm³/mol. The summed E-state index contributed by atoms with van der Waals surface area (Å²) in [4.78, 5) is -0.00926. The van der Waals surface area contributed by atoms with Crippen LogP contribution in [-0.2, 0) is 5.11 Å². The second-order valence-electron chi connectivity index (χ2n) is 2.67. The van der Waals surface area contributed by atoms with Gasteiger partial charge in [0.25, 0.3) is 0 Å². The van der Waals surface area contributed by atoms with Gasteiger partial charge in [-0.2, -0.15) is 0 Å². The average molecular weight is 259 g/mol. The Morgan fingerprint density at radius 1 is 1.44 bits per heavy atom. The fraction of sp³-hybridized carbons (Fsp3) is 1.00. The normalized spacial score (nSPS) is 19.3. The Morgan fingerprint density at radius 2 is 1.78 bits per heavy atom. The quantitative estimate of drug-likeness (QED) is 0.679. The van der Waals surface area contributed by atoms with E-state index >= 15 is 0 Å². The highest BCUT2D eigenvalue weighted by atomic mass is 79.9. The molecule has 55 valence electrons. The molecular formula is C6H11Br2O. The third-order valence-corrected chi connectivity index (χ3v) is 4.06. The molecule has 0 amide bonds. The van der Waals surface area contributed by atoms with Crippen molar-refractivity contribution in [2.75, 3.05) is 0 Å². The van der Waals surface area contributed by atoms with Crippen molar-refractivity contribution in [2.45, 2.75) is 36.0 Å². The molecule has 0 aromatic rings. The van der Waals surface area contributed by atoms with Gasteiger partial charge in [-0.3, -0.25) is 0 Å². The van der Waals surface area contributed by atoms with Gasteiger partial charge in [-0.05, 0) is 20.8 Å². The number of halogens is 2. The predicted octanol–water partition coefficient (Wildman–Crippen LogP) is 2.74. The van der Waals surface area contributed by atoms with E-state index in [1.54, 1.807) is 6.92 Å². The average Bonchev–Trinajstić information content (AvgIpc) is 1.62. The van der Waals surface area contributed by atoms with Gasteiger partial charge in [0, 0.05) is 4.32 Å². The van der Waals surface area contributed by atoms with Gasteiger partial charge >= 0.3 is 0 Å². The molecule has 9 heavy (non-hydrogen) atoms. The van der Waals surface area contributed by atoms with Gasteiger partial charge in [0.15, 0.2) is 0 Å². The lowest BCUT2D eigenvalue weighted by atomic mass is 10.1. The molecular weight excluding hydrogens is 248 g/mol. The summed E-state index contributed by atoms with van der Waals surface area (Å²) in [5.41, 5.74) is 0. The number of rotatable bonds is 2. The van der Waals surface area contributed by atoms with Crippen LogP contribution >= 0.6 is 31.9 Å². The molecule has 2 unspecified atom stereocenters. The lowest BCUT2D eigenvalue weighted by Crippen LogP contribution is -2.32. The highest BCUT2D eigenvalue weighted by Gasteiger charge is 2.28. The Bertz CT molecular complexity index is 85.5. The maximum absolute atomic E-state index is 10.8. The zero-order valence-electron chi connectivity index (χ0n) is 5.82. The molecule has 0 saturated carbocycles. The third-order valence-electron chi connectivity index (χ3n) is 1.07. The summed E-state index contributed by atoms with van der Waals surface area (Å²) in [7, 11) is 0. The van der Waals surface area contributed by atoms with E-state index in [9.17, 15) is 5.11 Å². The maximum atomic E-state index is 10.8. The van der Waals surface area contributed by atoms with Crippen LogP contribution in [0.5, 0.6) is 0 Å². The van der Waals surface area contributed by atoms with Gasteiger partial charge in [-0.1, -0.05) is 31.9 Å². The van der Waals surface area contributed by atoms with E-state index < -0.39 is 6.10 Å². The molecule has 0 rings (SSSR count). The van der Waals surface area contributed by atoms with Gasteiger partial charge in [0.2, 0.25) is 0 Å². The molecule has 0 N–H and O–H groups in total. The fourth-order valence-electron chi connectivity index (χ4n) is 0.558. The summed E-state index contributed by atoms with van der Waals surface area (Å²) in [6, 6.07) is 0. The van der Waals surface area contributed by atoms with Crippen LogP contribution in [0.15, 0.2) is 0 Å². The standard InChI is InChI=1S/C6H11Br2O/c1-4(9)5(7)6(2,3)8/h4-5H,1-3H3. The van der Waals surface area contributed by atoms with Crippen LogP contribution in [0, 0.1) is 0 Å². The molecule has 0 aromatic heterocycles. The van der Waals surface area contributed by atoms with Crippen molar-refractivity contribution in [3.05, 3.63) is 0 Å². The molecule has 0 aliphatic heterocycles. The number of hydrogen-bond acceptors (Lipinski definition) is 0. The van der Waals surface area contributed by atoms with Gasteiger partial charge < -0.3 is 0 Å². The minimum absolute atomic E-state index is 0.00926. The summed E-state index contributed by atoms with van der Waals surface area (Å²) in [5.74, 6) is 0. The first-order valence-corrected chi connectivity index (χ1v) is 4.55. The zero-order valence-corrected chi connectivity index (χ0v) is 8.99. The maximum Gasteiger partial charge on any atom is 0.104 e. The smallest absolute Gasteiger partial charge is 0.104 e. The molecule has 2 atom stereocenters. The molecule has 0 heterocycles. The molecule has 0 aromatic carbocycles. The van der Waals surface area contributed by atoms with Crippen LogP contribution in [0.1, 0.15) is 20.8 Å². The van der Waals surface area contributed by atoms with E-state index in [-0.39, 0.29) is 9.15 Å². The molecule has 0 aliphatic carbocycles. The molecule has 0 aliphatic rings. The van der Waals surface area contributed by atoms with Gasteiger partial charge in [0.05, 0.1) is 4.83 Å². The monoisotopic (exact) mass is 257 g/mol. The van der Waals surface area contributed by atoms with Crippen molar-refractivity contribution in [3.8, 4) is 0 Å². The van der Waals surface area contributed by atoms with Crippen molar-refractivity contribution in [3.63, 3.8) is 0 Å². The van der Waals surface area contributed by atoms with Gasteiger partial charge in [-0.25, -0.2) is 5.11 Å². The van der Waals surface area contributed by atoms with E-state index in [1.165, 1.54) is 0 Å². The Hall–Kier alpha value is 0.920. The molecule has 3 heteroatoms. The second kappa shape index (κ2) is 3.35. The topological polar surface area (TPSA) is 19.9 Å². The van der Waals surface area contributed by atoms with Gasteiger partial charge in [0.1, 0.15) is 6.10 Å². The van der Waals surface area contributed by atoms with Crippen molar-refractivity contribution in [1.82, 2.24) is 0 Å². The highest BCUT2D eigenvalue weighted by molar-refractivity contribution is 9.12. The van der Waals surface area contributed by atoms with Crippen molar-refractivity contribution < 1.29 is 5.11 Å². The molecule has 0 spiro atoms. The van der Waals surface area contributed by atoms with Crippen molar-refractivity contribution in [2.24, 2.45) is 0 Å². The van der Waals surface area contributed by atoms with E-state index in [4.69, 9.17) is 0 Å². The molecule has 1 radical (unpaired) electrons. The summed E-state index contributed by atoms with van der Waals surface area (Å²) in [6.45, 7) is 5.60. The Labute approximate surface area is 73.1 Å². The van der Waals surface area contributed by atoms with E-state index in [0.717, 1.165) is 0 Å². The SMILES string of the molecule is CC([O])C(Br)C(C)(C)Br. The van der Waals surface area contributed by atoms with Crippen LogP contribution in [0.3, 0.4) is 0 Å². The molecule has 0 bridgehead atoms. The first kappa shape index (κ1) is 9.92. The van der Waals surface area contributed by atoms with Crippen LogP contribution in [0.2, 0.25) is 0 Å². The highest BCUT2D eigenvalue weighted by Crippen LogP contribution is 2.29. The molecule has 0 fully saturated rings. The van der Waals surface area contributed by atoms with Gasteiger partial charge in [-0.15, -0.1) is 0 Å². The zero-order chi connectivity index (χ0) is 7.65. The van der Waals surface area contributed by atoms with Crippen molar-refractivity contribution >= 4 is 31.9 Å². The van der Waals surface area contributed by atoms with Crippen LogP contribution in [0.25, 0.3) is 0 Å². The van der Waals surface area contributed by atoms with Crippen LogP contribution < -0.4 is 0 Å². The van der Waals surface area contributed by atoms with E-state index in [2.05, 4.69) is 31.9 Å². The minimum Gasteiger partial charge on any atom is -0.232 e. The third kappa shape index (κ3) is 3.58. The second-order valence-corrected chi connectivity index (χ2v) is 5.70. The Kier molecular flexibility index (Phi) is 3.69. The lowest BCUT2D eigenvalue weighted by Gasteiger charge is -2.24. The summed E-state index contributed by atoms with van der Waals surface area (Å²) < 4.78 is -0.103.